The van der Waals surface area contributed by atoms with Gasteiger partial charge in [-0.15, -0.1) is 0 Å². The first-order chi connectivity index (χ1) is 24.9. The van der Waals surface area contributed by atoms with Gasteiger partial charge < -0.3 is 99.6 Å². The summed E-state index contributed by atoms with van der Waals surface area (Å²) in [6.07, 6.45) is -32.1. The second kappa shape index (κ2) is 18.2. The van der Waals surface area contributed by atoms with Crippen molar-refractivity contribution in [3.05, 3.63) is 6.61 Å². The topological polar surface area (TPSA) is 368 Å². The summed E-state index contributed by atoms with van der Waals surface area (Å²) in [4.78, 5) is 48.4. The first kappa shape index (κ1) is 43.0. The zero-order valence-electron chi connectivity index (χ0n) is 28.3. The summed E-state index contributed by atoms with van der Waals surface area (Å²) < 4.78 is 43.6. The number of hydrogen-bond donors (Lipinski definition) is 12. The Morgan fingerprint density at radius 1 is 0.604 bits per heavy atom. The van der Waals surface area contributed by atoms with Crippen molar-refractivity contribution < 1.29 is 108 Å². The van der Waals surface area contributed by atoms with Crippen LogP contribution in [0.2, 0.25) is 0 Å². The van der Waals surface area contributed by atoms with Gasteiger partial charge in [-0.05, 0) is 0 Å². The molecule has 4 fully saturated rings. The fraction of sp³-hybridized carbons (Fsp3) is 0.828. The standard InChI is InChI=1S/C29H45N2O22/c1-7(34)30-9-6-47-10(4-32)13(36)19(9)49-28-18(41)16(39)22(24(53-28)26(44)45)51-27-12(31-8(2)35)20(14(37)11(5-33)48-27)50-29-17(40)15(38)21(46-3)23(52-29)25(42)43/h6,9-24,27-29,32-33,36-41H,4-5H2,1-3H3,(H,30,34)(H,31,35)(H,42,43)(H,44,45)/t9?,10?,11?,12?,13-,14-,15-,16-,17?,18?,19-,20-,21+,22+,23?,24?,27+,28-,29-/m1/s1. The molecule has 0 aromatic carbocycles. The highest BCUT2D eigenvalue weighted by atomic mass is 16.8. The van der Waals surface area contributed by atoms with Crippen LogP contribution >= 0.6 is 0 Å². The zero-order valence-corrected chi connectivity index (χ0v) is 28.3. The molecule has 4 aliphatic rings. The van der Waals surface area contributed by atoms with E-state index in [1.807, 2.05) is 0 Å². The van der Waals surface area contributed by atoms with Gasteiger partial charge in [0.1, 0.15) is 85.9 Å². The summed E-state index contributed by atoms with van der Waals surface area (Å²) in [6.45, 7) is 1.45. The first-order valence-electron chi connectivity index (χ1n) is 16.2. The van der Waals surface area contributed by atoms with E-state index in [9.17, 15) is 70.2 Å². The number of hydrogen-bond acceptors (Lipinski definition) is 20. The molecule has 4 heterocycles. The Hall–Kier alpha value is -2.76. The average Bonchev–Trinajstić information content (AvgIpc) is 3.09. The first-order valence-corrected chi connectivity index (χ1v) is 16.2. The number of carboxylic acid groups (broad SMARTS) is 2. The van der Waals surface area contributed by atoms with Crippen molar-refractivity contribution in [1.82, 2.24) is 10.6 Å². The van der Waals surface area contributed by atoms with Gasteiger partial charge in [-0.1, -0.05) is 0 Å². The minimum Gasteiger partial charge on any atom is -0.479 e. The molecular formula is C29H45N2O22. The maximum atomic E-state index is 12.5. The predicted molar refractivity (Wildman–Crippen MR) is 161 cm³/mol. The molecule has 0 bridgehead atoms. The average molecular weight is 774 g/mol. The number of aliphatic hydroxyl groups is 8. The summed E-state index contributed by atoms with van der Waals surface area (Å²) in [7, 11) is 1.05. The van der Waals surface area contributed by atoms with E-state index < -0.39 is 153 Å². The van der Waals surface area contributed by atoms with Crippen LogP contribution < -0.4 is 10.6 Å². The van der Waals surface area contributed by atoms with Gasteiger partial charge >= 0.3 is 11.9 Å². The van der Waals surface area contributed by atoms with E-state index in [4.69, 9.17) is 37.9 Å². The molecule has 1 radical (unpaired) electrons. The van der Waals surface area contributed by atoms with Gasteiger partial charge in [0, 0.05) is 21.0 Å². The maximum absolute atomic E-state index is 12.5. The molecule has 0 aliphatic carbocycles. The van der Waals surface area contributed by atoms with Crippen LogP contribution in [-0.2, 0) is 57.1 Å². The van der Waals surface area contributed by atoms with Crippen LogP contribution in [0.1, 0.15) is 13.8 Å². The Morgan fingerprint density at radius 3 is 1.57 bits per heavy atom. The molecule has 4 saturated heterocycles. The minimum atomic E-state index is -2.23. The fourth-order valence-corrected chi connectivity index (χ4v) is 6.34. The molecule has 2 amide bonds. The molecule has 24 heteroatoms. The second-order valence-corrected chi connectivity index (χ2v) is 12.6. The second-order valence-electron chi connectivity index (χ2n) is 12.6. The zero-order chi connectivity index (χ0) is 39.5. The van der Waals surface area contributed by atoms with Crippen molar-refractivity contribution in [2.45, 2.75) is 130 Å². The highest BCUT2D eigenvalue weighted by Gasteiger charge is 2.57. The van der Waals surface area contributed by atoms with Crippen molar-refractivity contribution in [3.63, 3.8) is 0 Å². The van der Waals surface area contributed by atoms with Crippen molar-refractivity contribution in [1.29, 1.82) is 0 Å². The van der Waals surface area contributed by atoms with Gasteiger partial charge in [0.2, 0.25) is 11.8 Å². The van der Waals surface area contributed by atoms with Crippen molar-refractivity contribution in [3.8, 4) is 0 Å². The van der Waals surface area contributed by atoms with E-state index in [2.05, 4.69) is 10.6 Å². The molecule has 0 aromatic rings. The highest BCUT2D eigenvalue weighted by molar-refractivity contribution is 5.74. The number of carboxylic acids is 2. The van der Waals surface area contributed by atoms with Gasteiger partial charge in [0.25, 0.3) is 0 Å². The van der Waals surface area contributed by atoms with Crippen LogP contribution in [0.5, 0.6) is 0 Å². The molecule has 4 rings (SSSR count). The van der Waals surface area contributed by atoms with Crippen LogP contribution in [-0.4, -0.2) is 212 Å². The maximum Gasteiger partial charge on any atom is 0.335 e. The van der Waals surface area contributed by atoms with E-state index in [1.54, 1.807) is 0 Å². The van der Waals surface area contributed by atoms with E-state index >= 15 is 0 Å². The lowest BCUT2D eigenvalue weighted by molar-refractivity contribution is -0.365. The number of carbonyl (C=O) groups excluding carboxylic acids is 2. The summed E-state index contributed by atoms with van der Waals surface area (Å²) in [5, 5.41) is 109. The molecule has 53 heavy (non-hydrogen) atoms. The van der Waals surface area contributed by atoms with Gasteiger partial charge in [-0.3, -0.25) is 9.59 Å². The van der Waals surface area contributed by atoms with E-state index in [0.717, 1.165) is 27.6 Å². The van der Waals surface area contributed by atoms with Crippen LogP contribution in [0.15, 0.2) is 0 Å². The Bertz CT molecular complexity index is 1280. The van der Waals surface area contributed by atoms with Crippen molar-refractivity contribution >= 4 is 23.8 Å². The Kier molecular flexibility index (Phi) is 14.8. The monoisotopic (exact) mass is 773 g/mol. The molecule has 19 atom stereocenters. The summed E-state index contributed by atoms with van der Waals surface area (Å²) >= 11 is 0. The number of nitrogens with one attached hydrogen (secondary N) is 2. The molecule has 0 aromatic heterocycles. The van der Waals surface area contributed by atoms with Gasteiger partial charge in [0.05, 0.1) is 19.3 Å². The molecular weight excluding hydrogens is 728 g/mol. The van der Waals surface area contributed by atoms with Gasteiger partial charge in [-0.25, -0.2) is 9.59 Å². The van der Waals surface area contributed by atoms with E-state index in [-0.39, 0.29) is 0 Å². The molecule has 24 nitrogen and oxygen atoms in total. The van der Waals surface area contributed by atoms with Crippen LogP contribution in [0.25, 0.3) is 0 Å². The van der Waals surface area contributed by atoms with Gasteiger partial charge in [0.15, 0.2) is 31.1 Å². The van der Waals surface area contributed by atoms with Crippen molar-refractivity contribution in [2.24, 2.45) is 0 Å². The predicted octanol–water partition coefficient (Wildman–Crippen LogP) is -7.78. The molecule has 12 N–H and O–H groups in total. The molecule has 4 aliphatic heterocycles. The third-order valence-electron chi connectivity index (χ3n) is 8.97. The lowest BCUT2D eigenvalue weighted by atomic mass is 9.94. The number of ether oxygens (including phenoxy) is 8. The molecule has 0 spiro atoms. The van der Waals surface area contributed by atoms with Crippen LogP contribution in [0.4, 0.5) is 0 Å². The number of amides is 2. The number of rotatable bonds is 13. The smallest absolute Gasteiger partial charge is 0.335 e. The van der Waals surface area contributed by atoms with Crippen LogP contribution in [0.3, 0.4) is 0 Å². The number of aliphatic hydroxyl groups excluding tert-OH is 8. The largest absolute Gasteiger partial charge is 0.479 e. The Balaban J connectivity index is 1.61. The summed E-state index contributed by atoms with van der Waals surface area (Å²) in [6, 6.07) is -2.96. The molecule has 0 saturated carbocycles. The quantitative estimate of drug-likeness (QED) is 0.0827. The highest BCUT2D eigenvalue weighted by Crippen LogP contribution is 2.34. The Morgan fingerprint density at radius 2 is 1.08 bits per heavy atom. The summed E-state index contributed by atoms with van der Waals surface area (Å²) in [5.74, 6) is -4.89. The molecule has 8 unspecified atom stereocenters. The lowest BCUT2D eigenvalue weighted by Crippen LogP contribution is -2.70. The van der Waals surface area contributed by atoms with Crippen LogP contribution in [0, 0.1) is 6.61 Å². The minimum absolute atomic E-state index is 0.614. The van der Waals surface area contributed by atoms with E-state index in [1.165, 1.54) is 0 Å². The SMILES string of the molecule is CO[C@@H]1C(C(=O)O)O[C@@H](O[C@@H]2C(NC(C)=O)[C@H](O[C@@H]3C(C(=O)O)O[C@@H](O[C@@H]4C(NC(C)=O)[CH]OC(CO)[C@H]4O)C(O)[C@H]3O)OC(CO)[C@H]2O)C(O)[C@H]1O. The third kappa shape index (κ3) is 9.38. The summed E-state index contributed by atoms with van der Waals surface area (Å²) in [5.41, 5.74) is 0. The van der Waals surface area contributed by atoms with Crippen molar-refractivity contribution in [2.75, 3.05) is 20.3 Å². The Labute approximate surface area is 300 Å². The van der Waals surface area contributed by atoms with E-state index in [0.29, 0.717) is 0 Å². The third-order valence-corrected chi connectivity index (χ3v) is 8.97. The number of aliphatic carboxylic acids is 2. The normalized spacial score (nSPS) is 44.8. The number of carbonyl (C=O) groups is 4. The van der Waals surface area contributed by atoms with Gasteiger partial charge in [-0.2, -0.15) is 0 Å². The lowest BCUT2D eigenvalue weighted by Gasteiger charge is -2.49. The molecule has 303 valence electrons. The number of methoxy groups -OCH3 is 1. The fourth-order valence-electron chi connectivity index (χ4n) is 6.34.